The molecular formula is C17H16N2O2. The van der Waals surface area contributed by atoms with Gasteiger partial charge in [-0.15, -0.1) is 0 Å². The van der Waals surface area contributed by atoms with E-state index >= 15 is 0 Å². The zero-order chi connectivity index (χ0) is 14.7. The van der Waals surface area contributed by atoms with Crippen LogP contribution in [0.3, 0.4) is 0 Å². The zero-order valence-electron chi connectivity index (χ0n) is 11.7. The molecule has 0 saturated carbocycles. The number of hydrogen-bond acceptors (Lipinski definition) is 4. The van der Waals surface area contributed by atoms with E-state index in [1.54, 1.807) is 12.4 Å². The summed E-state index contributed by atoms with van der Waals surface area (Å²) in [5.74, 6) is 2.26. The third-order valence-electron chi connectivity index (χ3n) is 3.16. The second kappa shape index (κ2) is 5.71. The fraction of sp³-hybridized carbons (Fsp3) is 0.118. The van der Waals surface area contributed by atoms with Gasteiger partial charge in [-0.1, -0.05) is 6.07 Å². The van der Waals surface area contributed by atoms with E-state index in [1.807, 2.05) is 49.4 Å². The summed E-state index contributed by atoms with van der Waals surface area (Å²) in [5, 5.41) is 1.82. The number of ether oxygens (including phenoxy) is 2. The summed E-state index contributed by atoms with van der Waals surface area (Å²) < 4.78 is 11.5. The fourth-order valence-electron chi connectivity index (χ4n) is 2.19. The molecule has 4 nitrogen and oxygen atoms in total. The number of nitrogen functional groups attached to an aromatic ring is 1. The maximum Gasteiger partial charge on any atom is 0.135 e. The summed E-state index contributed by atoms with van der Waals surface area (Å²) in [6.45, 7) is 2.58. The van der Waals surface area contributed by atoms with Gasteiger partial charge in [-0.05, 0) is 37.3 Å². The second-order valence-corrected chi connectivity index (χ2v) is 4.58. The van der Waals surface area contributed by atoms with Gasteiger partial charge in [0, 0.05) is 34.9 Å². The van der Waals surface area contributed by atoms with Crippen molar-refractivity contribution in [2.45, 2.75) is 6.92 Å². The summed E-state index contributed by atoms with van der Waals surface area (Å²) >= 11 is 0. The topological polar surface area (TPSA) is 57.4 Å². The lowest BCUT2D eigenvalue weighted by atomic mass is 10.1. The van der Waals surface area contributed by atoms with Crippen LogP contribution >= 0.6 is 0 Å². The number of anilines is 1. The normalized spacial score (nSPS) is 10.5. The quantitative estimate of drug-likeness (QED) is 0.734. The van der Waals surface area contributed by atoms with Crippen LogP contribution in [-0.4, -0.2) is 11.6 Å². The number of aromatic nitrogens is 1. The number of nitrogens with two attached hydrogens (primary N) is 1. The number of benzene rings is 2. The van der Waals surface area contributed by atoms with Crippen molar-refractivity contribution in [2.24, 2.45) is 0 Å². The Labute approximate surface area is 123 Å². The Morgan fingerprint density at radius 2 is 1.90 bits per heavy atom. The first-order valence-electron chi connectivity index (χ1n) is 6.81. The first-order valence-corrected chi connectivity index (χ1v) is 6.81. The van der Waals surface area contributed by atoms with Crippen LogP contribution in [0, 0.1) is 0 Å². The van der Waals surface area contributed by atoms with Gasteiger partial charge in [0.25, 0.3) is 0 Å². The van der Waals surface area contributed by atoms with Crippen molar-refractivity contribution < 1.29 is 9.47 Å². The molecule has 3 rings (SSSR count). The molecule has 106 valence electrons. The van der Waals surface area contributed by atoms with Crippen molar-refractivity contribution in [3.05, 3.63) is 54.9 Å². The van der Waals surface area contributed by atoms with E-state index in [2.05, 4.69) is 4.98 Å². The van der Waals surface area contributed by atoms with Gasteiger partial charge in [-0.25, -0.2) is 0 Å². The van der Waals surface area contributed by atoms with E-state index in [0.717, 1.165) is 28.0 Å². The Morgan fingerprint density at radius 1 is 1.05 bits per heavy atom. The van der Waals surface area contributed by atoms with Crippen molar-refractivity contribution in [3.8, 4) is 17.2 Å². The Hall–Kier alpha value is -2.75. The molecule has 1 aromatic heterocycles. The number of pyridine rings is 1. The fourth-order valence-corrected chi connectivity index (χ4v) is 2.19. The van der Waals surface area contributed by atoms with Crippen LogP contribution in [0.4, 0.5) is 5.69 Å². The minimum absolute atomic E-state index is 0.625. The average Bonchev–Trinajstić information content (AvgIpc) is 2.51. The number of rotatable bonds is 4. The minimum Gasteiger partial charge on any atom is -0.494 e. The van der Waals surface area contributed by atoms with Gasteiger partial charge in [-0.2, -0.15) is 0 Å². The van der Waals surface area contributed by atoms with E-state index in [1.165, 1.54) is 0 Å². The lowest BCUT2D eigenvalue weighted by molar-refractivity contribution is 0.338. The smallest absolute Gasteiger partial charge is 0.135 e. The van der Waals surface area contributed by atoms with Crippen LogP contribution in [0.2, 0.25) is 0 Å². The second-order valence-electron chi connectivity index (χ2n) is 4.58. The first-order chi connectivity index (χ1) is 10.3. The summed E-state index contributed by atoms with van der Waals surface area (Å²) in [4.78, 5) is 4.10. The molecule has 3 aromatic rings. The minimum atomic E-state index is 0.625. The molecule has 2 N–H and O–H groups in total. The van der Waals surface area contributed by atoms with Gasteiger partial charge in [0.2, 0.25) is 0 Å². The van der Waals surface area contributed by atoms with E-state index in [4.69, 9.17) is 15.2 Å². The zero-order valence-corrected chi connectivity index (χ0v) is 11.7. The van der Waals surface area contributed by atoms with E-state index in [9.17, 15) is 0 Å². The van der Waals surface area contributed by atoms with E-state index < -0.39 is 0 Å². The Bertz CT molecular complexity index is 772. The van der Waals surface area contributed by atoms with Crippen LogP contribution in [-0.2, 0) is 0 Å². The van der Waals surface area contributed by atoms with E-state index in [-0.39, 0.29) is 0 Å². The lowest BCUT2D eigenvalue weighted by Crippen LogP contribution is -1.93. The molecule has 1 heterocycles. The average molecular weight is 280 g/mol. The standard InChI is InChI=1S/C17H16N2O2/c1-2-20-12-4-3-5-13(10-12)21-17-7-6-16(18)15-11-19-9-8-14(15)17/h3-11H,2,18H2,1H3. The molecule has 21 heavy (non-hydrogen) atoms. The van der Waals surface area contributed by atoms with Crippen LogP contribution in [0.5, 0.6) is 17.2 Å². The molecule has 0 atom stereocenters. The van der Waals surface area contributed by atoms with Crippen molar-refractivity contribution in [3.63, 3.8) is 0 Å². The van der Waals surface area contributed by atoms with Crippen molar-refractivity contribution in [2.75, 3.05) is 12.3 Å². The lowest BCUT2D eigenvalue weighted by Gasteiger charge is -2.11. The Morgan fingerprint density at radius 3 is 2.76 bits per heavy atom. The highest BCUT2D eigenvalue weighted by Crippen LogP contribution is 2.33. The number of fused-ring (bicyclic) bond motifs is 1. The molecule has 0 spiro atoms. The van der Waals surface area contributed by atoms with Crippen LogP contribution in [0.15, 0.2) is 54.9 Å². The number of hydrogen-bond donors (Lipinski definition) is 1. The van der Waals surface area contributed by atoms with Gasteiger partial charge in [0.05, 0.1) is 6.61 Å². The predicted octanol–water partition coefficient (Wildman–Crippen LogP) is 4.01. The highest BCUT2D eigenvalue weighted by Gasteiger charge is 2.07. The Kier molecular flexibility index (Phi) is 3.60. The molecule has 4 heteroatoms. The molecule has 0 unspecified atom stereocenters. The third-order valence-corrected chi connectivity index (χ3v) is 3.16. The molecule has 2 aromatic carbocycles. The van der Waals surface area contributed by atoms with Crippen LogP contribution < -0.4 is 15.2 Å². The maximum atomic E-state index is 5.97. The highest BCUT2D eigenvalue weighted by atomic mass is 16.5. The van der Waals surface area contributed by atoms with Crippen LogP contribution in [0.1, 0.15) is 6.92 Å². The summed E-state index contributed by atoms with van der Waals surface area (Å²) in [7, 11) is 0. The van der Waals surface area contributed by atoms with Gasteiger partial charge < -0.3 is 15.2 Å². The molecule has 0 saturated heterocycles. The van der Waals surface area contributed by atoms with Crippen molar-refractivity contribution in [1.29, 1.82) is 0 Å². The molecule has 0 aliphatic rings. The molecule has 0 aliphatic carbocycles. The largest absolute Gasteiger partial charge is 0.494 e. The van der Waals surface area contributed by atoms with Gasteiger partial charge in [0.15, 0.2) is 0 Å². The van der Waals surface area contributed by atoms with Gasteiger partial charge in [0.1, 0.15) is 17.2 Å². The first kappa shape index (κ1) is 13.2. The third kappa shape index (κ3) is 2.74. The van der Waals surface area contributed by atoms with Crippen LogP contribution in [0.25, 0.3) is 10.8 Å². The molecule has 0 radical (unpaired) electrons. The maximum absolute atomic E-state index is 5.97. The summed E-state index contributed by atoms with van der Waals surface area (Å²) in [6, 6.07) is 13.2. The molecule has 0 bridgehead atoms. The highest BCUT2D eigenvalue weighted by molar-refractivity contribution is 5.96. The monoisotopic (exact) mass is 280 g/mol. The van der Waals surface area contributed by atoms with Gasteiger partial charge in [-0.3, -0.25) is 4.98 Å². The molecule has 0 amide bonds. The SMILES string of the molecule is CCOc1cccc(Oc2ccc(N)c3cnccc23)c1. The van der Waals surface area contributed by atoms with E-state index in [0.29, 0.717) is 12.3 Å². The predicted molar refractivity (Wildman–Crippen MR) is 83.8 cm³/mol. The van der Waals surface area contributed by atoms with Gasteiger partial charge >= 0.3 is 0 Å². The number of nitrogens with zero attached hydrogens (tertiary/aromatic N) is 1. The molecule has 0 aliphatic heterocycles. The summed E-state index contributed by atoms with van der Waals surface area (Å²) in [6.07, 6.45) is 3.47. The summed E-state index contributed by atoms with van der Waals surface area (Å²) in [5.41, 5.74) is 6.66. The Balaban J connectivity index is 1.98. The van der Waals surface area contributed by atoms with Crippen molar-refractivity contribution >= 4 is 16.5 Å². The van der Waals surface area contributed by atoms with Crippen molar-refractivity contribution in [1.82, 2.24) is 4.98 Å². The molecular weight excluding hydrogens is 264 g/mol. The molecule has 0 fully saturated rings.